The number of carbonyl (C=O) groups excluding carboxylic acids is 1. The second-order valence-corrected chi connectivity index (χ2v) is 4.94. The van der Waals surface area contributed by atoms with Crippen LogP contribution < -0.4 is 5.56 Å². The van der Waals surface area contributed by atoms with Crippen molar-refractivity contribution in [1.29, 1.82) is 0 Å². The van der Waals surface area contributed by atoms with Gasteiger partial charge in [0.25, 0.3) is 5.56 Å². The molecule has 0 N–H and O–H groups in total. The SMILES string of the molecule is O=CCn1ccn2ccc(-c3ccc(F)c(Cl)c3)c2c1=O. The lowest BCUT2D eigenvalue weighted by Gasteiger charge is -2.05. The number of rotatable bonds is 3. The van der Waals surface area contributed by atoms with E-state index in [1.807, 2.05) is 0 Å². The molecular formula is C15H10ClFN2O2. The van der Waals surface area contributed by atoms with Crippen LogP contribution in [0.15, 0.2) is 47.7 Å². The predicted octanol–water partition coefficient (Wildman–Crippen LogP) is 2.76. The Morgan fingerprint density at radius 2 is 2.00 bits per heavy atom. The molecule has 3 aromatic rings. The molecule has 0 saturated heterocycles. The fourth-order valence-electron chi connectivity index (χ4n) is 2.27. The van der Waals surface area contributed by atoms with Crippen LogP contribution in [0.1, 0.15) is 0 Å². The summed E-state index contributed by atoms with van der Waals surface area (Å²) in [5, 5.41) is -0.00371. The molecule has 0 radical (unpaired) electrons. The maximum absolute atomic E-state index is 13.3. The molecule has 3 rings (SSSR count). The molecule has 0 saturated carbocycles. The first-order valence-electron chi connectivity index (χ1n) is 6.21. The van der Waals surface area contributed by atoms with E-state index in [0.717, 1.165) is 0 Å². The highest BCUT2D eigenvalue weighted by Gasteiger charge is 2.12. The number of aldehydes is 1. The van der Waals surface area contributed by atoms with E-state index in [1.54, 1.807) is 35.1 Å². The van der Waals surface area contributed by atoms with E-state index >= 15 is 0 Å². The molecule has 4 nitrogen and oxygen atoms in total. The predicted molar refractivity (Wildman–Crippen MR) is 78.1 cm³/mol. The van der Waals surface area contributed by atoms with Crippen LogP contribution in [-0.4, -0.2) is 15.3 Å². The molecule has 0 unspecified atom stereocenters. The van der Waals surface area contributed by atoms with Gasteiger partial charge in [-0.1, -0.05) is 17.7 Å². The number of hydrogen-bond donors (Lipinski definition) is 0. The summed E-state index contributed by atoms with van der Waals surface area (Å²) < 4.78 is 16.2. The van der Waals surface area contributed by atoms with Crippen LogP contribution in [0.3, 0.4) is 0 Å². The van der Waals surface area contributed by atoms with E-state index in [2.05, 4.69) is 0 Å². The van der Waals surface area contributed by atoms with Crippen LogP contribution in [0, 0.1) is 5.82 Å². The van der Waals surface area contributed by atoms with Gasteiger partial charge in [0.15, 0.2) is 0 Å². The Morgan fingerprint density at radius 3 is 2.71 bits per heavy atom. The average molecular weight is 305 g/mol. The van der Waals surface area contributed by atoms with Crippen LogP contribution >= 0.6 is 11.6 Å². The Balaban J connectivity index is 2.27. The maximum atomic E-state index is 13.3. The lowest BCUT2D eigenvalue weighted by molar-refractivity contribution is -0.108. The Bertz CT molecular complexity index is 898. The smallest absolute Gasteiger partial charge is 0.275 e. The minimum atomic E-state index is -0.512. The van der Waals surface area contributed by atoms with Gasteiger partial charge in [-0.3, -0.25) is 4.79 Å². The van der Waals surface area contributed by atoms with Gasteiger partial charge in [0.05, 0.1) is 11.6 Å². The Hall–Kier alpha value is -2.40. The van der Waals surface area contributed by atoms with Gasteiger partial charge in [-0.25, -0.2) is 4.39 Å². The monoisotopic (exact) mass is 304 g/mol. The fraction of sp³-hybridized carbons (Fsp3) is 0.0667. The molecule has 21 heavy (non-hydrogen) atoms. The van der Waals surface area contributed by atoms with E-state index in [1.165, 1.54) is 16.7 Å². The van der Waals surface area contributed by atoms with E-state index in [4.69, 9.17) is 11.6 Å². The minimum absolute atomic E-state index is 0.00371. The topological polar surface area (TPSA) is 43.5 Å². The van der Waals surface area contributed by atoms with Crippen molar-refractivity contribution in [2.75, 3.05) is 0 Å². The quantitative estimate of drug-likeness (QED) is 0.698. The third kappa shape index (κ3) is 2.25. The second kappa shape index (κ2) is 5.18. The molecule has 106 valence electrons. The molecule has 0 fully saturated rings. The summed E-state index contributed by atoms with van der Waals surface area (Å²) in [6.07, 6.45) is 5.63. The van der Waals surface area contributed by atoms with E-state index < -0.39 is 5.82 Å². The van der Waals surface area contributed by atoms with Gasteiger partial charge in [-0.2, -0.15) is 0 Å². The zero-order valence-corrected chi connectivity index (χ0v) is 11.5. The molecular weight excluding hydrogens is 295 g/mol. The lowest BCUT2D eigenvalue weighted by atomic mass is 10.1. The number of nitrogens with zero attached hydrogens (tertiary/aromatic N) is 2. The molecule has 0 aliphatic heterocycles. The Kier molecular flexibility index (Phi) is 3.35. The molecule has 2 heterocycles. The number of carbonyl (C=O) groups is 1. The number of hydrogen-bond acceptors (Lipinski definition) is 2. The molecule has 0 spiro atoms. The van der Waals surface area contributed by atoms with Gasteiger partial charge >= 0.3 is 0 Å². The van der Waals surface area contributed by atoms with Crippen molar-refractivity contribution in [3.05, 3.63) is 64.0 Å². The van der Waals surface area contributed by atoms with Gasteiger partial charge in [0.2, 0.25) is 0 Å². The standard InChI is InChI=1S/C15H10ClFN2O2/c16-12-9-10(1-2-13(12)17)11-3-4-18-5-6-19(7-8-20)15(21)14(11)18/h1-6,8-9H,7H2. The highest BCUT2D eigenvalue weighted by atomic mass is 35.5. The summed E-state index contributed by atoms with van der Waals surface area (Å²) in [4.78, 5) is 23.0. The van der Waals surface area contributed by atoms with Crippen molar-refractivity contribution in [3.8, 4) is 11.1 Å². The second-order valence-electron chi connectivity index (χ2n) is 4.54. The van der Waals surface area contributed by atoms with Gasteiger partial charge in [-0.05, 0) is 23.8 Å². The molecule has 1 aromatic carbocycles. The van der Waals surface area contributed by atoms with Crippen LogP contribution in [0.5, 0.6) is 0 Å². The van der Waals surface area contributed by atoms with Crippen molar-refractivity contribution in [2.24, 2.45) is 0 Å². The van der Waals surface area contributed by atoms with Crippen molar-refractivity contribution >= 4 is 23.4 Å². The third-order valence-electron chi connectivity index (χ3n) is 3.29. The van der Waals surface area contributed by atoms with Gasteiger partial charge in [-0.15, -0.1) is 0 Å². The van der Waals surface area contributed by atoms with Gasteiger partial charge in [0.1, 0.15) is 17.6 Å². The summed E-state index contributed by atoms with van der Waals surface area (Å²) in [6.45, 7) is -0.00979. The van der Waals surface area contributed by atoms with Crippen LogP contribution in [0.25, 0.3) is 16.6 Å². The molecule has 0 amide bonds. The normalized spacial score (nSPS) is 11.0. The highest BCUT2D eigenvalue weighted by molar-refractivity contribution is 6.31. The summed E-state index contributed by atoms with van der Waals surface area (Å²) in [7, 11) is 0. The average Bonchev–Trinajstić information content (AvgIpc) is 2.90. The van der Waals surface area contributed by atoms with Crippen molar-refractivity contribution in [2.45, 2.75) is 6.54 Å². The van der Waals surface area contributed by atoms with Crippen molar-refractivity contribution < 1.29 is 9.18 Å². The largest absolute Gasteiger partial charge is 0.317 e. The summed E-state index contributed by atoms with van der Waals surface area (Å²) >= 11 is 5.79. The summed E-state index contributed by atoms with van der Waals surface area (Å²) in [5.74, 6) is -0.512. The molecule has 0 aliphatic rings. The fourth-order valence-corrected chi connectivity index (χ4v) is 2.45. The Morgan fingerprint density at radius 1 is 1.19 bits per heavy atom. The van der Waals surface area contributed by atoms with Crippen LogP contribution in [0.2, 0.25) is 5.02 Å². The van der Waals surface area contributed by atoms with Gasteiger partial charge in [0, 0.05) is 24.2 Å². The molecule has 0 atom stereocenters. The van der Waals surface area contributed by atoms with Crippen LogP contribution in [0.4, 0.5) is 4.39 Å². The van der Waals surface area contributed by atoms with E-state index in [-0.39, 0.29) is 17.1 Å². The number of halogens is 2. The lowest BCUT2D eigenvalue weighted by Crippen LogP contribution is -2.21. The number of aromatic nitrogens is 2. The zero-order valence-electron chi connectivity index (χ0n) is 10.8. The first-order chi connectivity index (χ1) is 10.1. The summed E-state index contributed by atoms with van der Waals surface area (Å²) in [6, 6.07) is 6.05. The molecule has 0 bridgehead atoms. The number of benzene rings is 1. The zero-order chi connectivity index (χ0) is 15.0. The molecule has 2 aromatic heterocycles. The van der Waals surface area contributed by atoms with E-state index in [9.17, 15) is 14.0 Å². The Labute approximate surface area is 124 Å². The first-order valence-corrected chi connectivity index (χ1v) is 6.59. The minimum Gasteiger partial charge on any atom is -0.317 e. The number of fused-ring (bicyclic) bond motifs is 1. The summed E-state index contributed by atoms with van der Waals surface area (Å²) in [5.41, 5.74) is 1.42. The molecule has 0 aliphatic carbocycles. The molecule has 6 heteroatoms. The first kappa shape index (κ1) is 13.6. The van der Waals surface area contributed by atoms with Crippen molar-refractivity contribution in [1.82, 2.24) is 8.97 Å². The van der Waals surface area contributed by atoms with Crippen LogP contribution in [-0.2, 0) is 11.3 Å². The highest BCUT2D eigenvalue weighted by Crippen LogP contribution is 2.27. The van der Waals surface area contributed by atoms with Gasteiger partial charge < -0.3 is 13.8 Å². The third-order valence-corrected chi connectivity index (χ3v) is 3.58. The van der Waals surface area contributed by atoms with Crippen molar-refractivity contribution in [3.63, 3.8) is 0 Å². The van der Waals surface area contributed by atoms with E-state index in [0.29, 0.717) is 22.9 Å². The maximum Gasteiger partial charge on any atom is 0.275 e.